The van der Waals surface area contributed by atoms with Crippen LogP contribution in [0.5, 0.6) is 0 Å². The van der Waals surface area contributed by atoms with Gasteiger partial charge in [0, 0.05) is 26.8 Å². The Bertz CT molecular complexity index is 106. The van der Waals surface area contributed by atoms with Crippen molar-refractivity contribution in [2.24, 2.45) is 11.5 Å². The average molecular weight is 252 g/mol. The van der Waals surface area contributed by atoms with Crippen LogP contribution in [0.3, 0.4) is 0 Å². The smallest absolute Gasteiger partial charge is 0.0701 e. The molecule has 0 spiro atoms. The molecule has 106 valence electrons. The van der Waals surface area contributed by atoms with E-state index in [1.807, 2.05) is 6.92 Å². The summed E-state index contributed by atoms with van der Waals surface area (Å²) in [4.78, 5) is 0. The van der Waals surface area contributed by atoms with Gasteiger partial charge in [-0.1, -0.05) is 0 Å². The highest BCUT2D eigenvalue weighted by atomic mass is 16.5. The summed E-state index contributed by atoms with van der Waals surface area (Å²) in [5.41, 5.74) is 10.5. The molecule has 0 aliphatic heterocycles. The SMILES string of the molecule is CCOC.NCCOCCOCCOCCN. The van der Waals surface area contributed by atoms with Gasteiger partial charge in [0.05, 0.1) is 39.6 Å². The molecule has 17 heavy (non-hydrogen) atoms. The summed E-state index contributed by atoms with van der Waals surface area (Å²) in [7, 11) is 1.68. The van der Waals surface area contributed by atoms with E-state index in [2.05, 4.69) is 4.74 Å². The summed E-state index contributed by atoms with van der Waals surface area (Å²) >= 11 is 0. The van der Waals surface area contributed by atoms with E-state index >= 15 is 0 Å². The first-order valence-electron chi connectivity index (χ1n) is 5.95. The molecular weight excluding hydrogens is 224 g/mol. The molecule has 0 aromatic heterocycles. The van der Waals surface area contributed by atoms with Gasteiger partial charge in [-0.3, -0.25) is 0 Å². The normalized spacial score (nSPS) is 9.88. The highest BCUT2D eigenvalue weighted by Gasteiger charge is 1.89. The van der Waals surface area contributed by atoms with E-state index < -0.39 is 0 Å². The van der Waals surface area contributed by atoms with Crippen LogP contribution in [0.4, 0.5) is 0 Å². The Hall–Kier alpha value is -0.240. The van der Waals surface area contributed by atoms with Crippen molar-refractivity contribution in [2.45, 2.75) is 6.92 Å². The number of hydrogen-bond donors (Lipinski definition) is 2. The minimum absolute atomic E-state index is 0.555. The van der Waals surface area contributed by atoms with Crippen molar-refractivity contribution in [3.63, 3.8) is 0 Å². The van der Waals surface area contributed by atoms with Crippen LogP contribution in [0.2, 0.25) is 0 Å². The van der Waals surface area contributed by atoms with E-state index in [0.29, 0.717) is 52.7 Å². The summed E-state index contributed by atoms with van der Waals surface area (Å²) in [6.45, 7) is 7.43. The van der Waals surface area contributed by atoms with Gasteiger partial charge in [0.1, 0.15) is 0 Å². The minimum Gasteiger partial charge on any atom is -0.385 e. The first-order valence-corrected chi connectivity index (χ1v) is 5.95. The highest BCUT2D eigenvalue weighted by molar-refractivity contribution is 4.35. The largest absolute Gasteiger partial charge is 0.385 e. The third kappa shape index (κ3) is 25.8. The second-order valence-corrected chi connectivity index (χ2v) is 2.99. The maximum atomic E-state index is 5.23. The number of nitrogens with two attached hydrogens (primary N) is 2. The quantitative estimate of drug-likeness (QED) is 0.487. The minimum atomic E-state index is 0.555. The Balaban J connectivity index is 0. The first kappa shape index (κ1) is 19.1. The predicted molar refractivity (Wildman–Crippen MR) is 68.1 cm³/mol. The van der Waals surface area contributed by atoms with E-state index in [1.54, 1.807) is 7.11 Å². The Kier molecular flexibility index (Phi) is 23.7. The molecule has 0 heterocycles. The van der Waals surface area contributed by atoms with E-state index in [-0.39, 0.29) is 0 Å². The zero-order valence-electron chi connectivity index (χ0n) is 11.2. The Morgan fingerprint density at radius 2 is 1.00 bits per heavy atom. The lowest BCUT2D eigenvalue weighted by molar-refractivity contribution is 0.0175. The van der Waals surface area contributed by atoms with Gasteiger partial charge >= 0.3 is 0 Å². The van der Waals surface area contributed by atoms with E-state index in [0.717, 1.165) is 6.61 Å². The molecule has 0 rings (SSSR count). The molecule has 0 aromatic rings. The van der Waals surface area contributed by atoms with Gasteiger partial charge in [0.2, 0.25) is 0 Å². The van der Waals surface area contributed by atoms with Gasteiger partial charge in [-0.25, -0.2) is 0 Å². The summed E-state index contributed by atoms with van der Waals surface area (Å²) in [5.74, 6) is 0. The van der Waals surface area contributed by atoms with Crippen molar-refractivity contribution in [1.82, 2.24) is 0 Å². The molecular formula is C11H28N2O4. The second-order valence-electron chi connectivity index (χ2n) is 2.99. The van der Waals surface area contributed by atoms with Crippen LogP contribution in [-0.2, 0) is 18.9 Å². The monoisotopic (exact) mass is 252 g/mol. The maximum Gasteiger partial charge on any atom is 0.0701 e. The van der Waals surface area contributed by atoms with E-state index in [1.165, 1.54) is 0 Å². The summed E-state index contributed by atoms with van der Waals surface area (Å²) in [5, 5.41) is 0. The third-order valence-electron chi connectivity index (χ3n) is 1.56. The molecule has 0 amide bonds. The Morgan fingerprint density at radius 3 is 1.24 bits per heavy atom. The van der Waals surface area contributed by atoms with Crippen LogP contribution >= 0.6 is 0 Å². The molecule has 0 fully saturated rings. The molecule has 6 nitrogen and oxygen atoms in total. The van der Waals surface area contributed by atoms with Gasteiger partial charge < -0.3 is 30.4 Å². The fourth-order valence-electron chi connectivity index (χ4n) is 0.709. The molecule has 0 aliphatic rings. The third-order valence-corrected chi connectivity index (χ3v) is 1.56. The fourth-order valence-corrected chi connectivity index (χ4v) is 0.709. The number of methoxy groups -OCH3 is 1. The lowest BCUT2D eigenvalue weighted by Crippen LogP contribution is -2.15. The molecule has 0 saturated heterocycles. The van der Waals surface area contributed by atoms with Crippen LogP contribution < -0.4 is 11.5 Å². The molecule has 0 saturated carbocycles. The van der Waals surface area contributed by atoms with Crippen molar-refractivity contribution in [3.05, 3.63) is 0 Å². The van der Waals surface area contributed by atoms with E-state index in [9.17, 15) is 0 Å². The lowest BCUT2D eigenvalue weighted by Gasteiger charge is -2.05. The Labute approximate surface area is 105 Å². The average Bonchev–Trinajstić information content (AvgIpc) is 2.37. The lowest BCUT2D eigenvalue weighted by atomic mass is 10.7. The van der Waals surface area contributed by atoms with Crippen LogP contribution in [0.25, 0.3) is 0 Å². The molecule has 0 aliphatic carbocycles. The number of hydrogen-bond acceptors (Lipinski definition) is 6. The van der Waals surface area contributed by atoms with Crippen molar-refractivity contribution in [1.29, 1.82) is 0 Å². The summed E-state index contributed by atoms with van der Waals surface area (Å²) in [6, 6.07) is 0. The molecule has 6 heteroatoms. The van der Waals surface area contributed by atoms with Gasteiger partial charge in [0.25, 0.3) is 0 Å². The molecule has 4 N–H and O–H groups in total. The summed E-state index contributed by atoms with van der Waals surface area (Å²) in [6.07, 6.45) is 0. The molecule has 0 bridgehead atoms. The van der Waals surface area contributed by atoms with Crippen LogP contribution in [0.1, 0.15) is 6.92 Å². The van der Waals surface area contributed by atoms with E-state index in [4.69, 9.17) is 25.7 Å². The van der Waals surface area contributed by atoms with Crippen LogP contribution in [-0.4, -0.2) is 66.4 Å². The van der Waals surface area contributed by atoms with Crippen LogP contribution in [0, 0.1) is 0 Å². The molecule has 0 atom stereocenters. The van der Waals surface area contributed by atoms with Gasteiger partial charge in [-0.15, -0.1) is 0 Å². The molecule has 0 aromatic carbocycles. The zero-order valence-corrected chi connectivity index (χ0v) is 11.2. The number of rotatable bonds is 11. The van der Waals surface area contributed by atoms with Gasteiger partial charge in [0.15, 0.2) is 0 Å². The van der Waals surface area contributed by atoms with Crippen molar-refractivity contribution < 1.29 is 18.9 Å². The zero-order chi connectivity index (χ0) is 13.2. The standard InChI is InChI=1S/C8H20N2O3.C3H8O/c9-1-3-11-5-7-13-8-6-12-4-2-10;1-3-4-2/h1-10H2;3H2,1-2H3. The van der Waals surface area contributed by atoms with Crippen molar-refractivity contribution in [3.8, 4) is 0 Å². The van der Waals surface area contributed by atoms with Crippen LogP contribution in [0.15, 0.2) is 0 Å². The maximum absolute atomic E-state index is 5.23. The molecule has 0 unspecified atom stereocenters. The topological polar surface area (TPSA) is 89.0 Å². The number of ether oxygens (including phenoxy) is 4. The highest BCUT2D eigenvalue weighted by Crippen LogP contribution is 1.79. The van der Waals surface area contributed by atoms with Gasteiger partial charge in [-0.2, -0.15) is 0 Å². The first-order chi connectivity index (χ1) is 8.33. The predicted octanol–water partition coefficient (Wildman–Crippen LogP) is -0.394. The van der Waals surface area contributed by atoms with Crippen molar-refractivity contribution in [2.75, 3.05) is 66.4 Å². The van der Waals surface area contributed by atoms with Gasteiger partial charge in [-0.05, 0) is 6.92 Å². The second kappa shape index (κ2) is 21.1. The summed E-state index contributed by atoms with van der Waals surface area (Å²) < 4.78 is 19.9. The molecule has 0 radical (unpaired) electrons. The van der Waals surface area contributed by atoms with Crippen molar-refractivity contribution >= 4 is 0 Å². The Morgan fingerprint density at radius 1 is 0.706 bits per heavy atom. The fraction of sp³-hybridized carbons (Fsp3) is 1.00.